The van der Waals surface area contributed by atoms with Gasteiger partial charge in [0, 0.05) is 24.9 Å². The Morgan fingerprint density at radius 1 is 0.927 bits per heavy atom. The van der Waals surface area contributed by atoms with E-state index in [9.17, 15) is 19.2 Å². The third-order valence-electron chi connectivity index (χ3n) is 6.90. The summed E-state index contributed by atoms with van der Waals surface area (Å²) in [6, 6.07) is 16.5. The third-order valence-corrected chi connectivity index (χ3v) is 6.90. The number of hydrogen-bond acceptors (Lipinski definition) is 5. The van der Waals surface area contributed by atoms with Crippen LogP contribution in [0.25, 0.3) is 0 Å². The van der Waals surface area contributed by atoms with E-state index in [2.05, 4.69) is 21.3 Å². The van der Waals surface area contributed by atoms with E-state index >= 15 is 0 Å². The summed E-state index contributed by atoms with van der Waals surface area (Å²) in [7, 11) is 0. The summed E-state index contributed by atoms with van der Waals surface area (Å²) in [5, 5.41) is 11.4. The number of allylic oxidation sites excluding steroid dienone is 1. The highest BCUT2D eigenvalue weighted by atomic mass is 16.5. The number of benzene rings is 2. The lowest BCUT2D eigenvalue weighted by Gasteiger charge is -2.26. The average molecular weight is 563 g/mol. The van der Waals surface area contributed by atoms with E-state index < -0.39 is 24.1 Å². The molecule has 0 saturated carbocycles. The number of amides is 4. The molecule has 0 aliphatic carbocycles. The van der Waals surface area contributed by atoms with Crippen LogP contribution in [0.15, 0.2) is 72.8 Å². The van der Waals surface area contributed by atoms with Crippen molar-refractivity contribution in [2.45, 2.75) is 71.2 Å². The second kappa shape index (κ2) is 16.2. The maximum Gasteiger partial charge on any atom is 0.408 e. The quantitative estimate of drug-likeness (QED) is 0.262. The molecule has 9 heteroatoms. The van der Waals surface area contributed by atoms with Gasteiger partial charge >= 0.3 is 6.09 Å². The molecule has 2 aromatic rings. The van der Waals surface area contributed by atoms with Crippen LogP contribution in [0, 0.1) is 11.8 Å². The van der Waals surface area contributed by atoms with Gasteiger partial charge in [0.05, 0.1) is 0 Å². The lowest BCUT2D eigenvalue weighted by molar-refractivity contribution is -0.130. The van der Waals surface area contributed by atoms with Gasteiger partial charge in [-0.1, -0.05) is 86.7 Å². The standard InChI is InChI=1S/C32H42N4O5/c1-4-11-26(20-25-16-17-33-29(25)37)34-30(38)28(19-23-12-7-5-8-13-23)35-31(39)27(18-22(2)3)36-32(40)41-21-24-14-9-6-10-15-24/h4-15,22,25-28H,16-21H2,1-3H3,(H,33,37)(H,34,38)(H,35,39)(H,36,40)/b11-4+/t25-,26+,27-,28-/m0/s1. The highest BCUT2D eigenvalue weighted by molar-refractivity contribution is 5.91. The number of alkyl carbamates (subject to hydrolysis) is 1. The molecule has 1 fully saturated rings. The predicted molar refractivity (Wildman–Crippen MR) is 158 cm³/mol. The zero-order valence-electron chi connectivity index (χ0n) is 24.1. The van der Waals surface area contributed by atoms with Gasteiger partial charge in [-0.15, -0.1) is 0 Å². The number of rotatable bonds is 14. The maximum atomic E-state index is 13.6. The van der Waals surface area contributed by atoms with Crippen molar-refractivity contribution in [3.8, 4) is 0 Å². The Morgan fingerprint density at radius 2 is 1.56 bits per heavy atom. The van der Waals surface area contributed by atoms with Crippen molar-refractivity contribution >= 4 is 23.8 Å². The zero-order valence-corrected chi connectivity index (χ0v) is 24.1. The molecule has 220 valence electrons. The Hall–Kier alpha value is -4.14. The van der Waals surface area contributed by atoms with Gasteiger partial charge in [-0.05, 0) is 43.2 Å². The number of ether oxygens (including phenoxy) is 1. The number of carbonyl (C=O) groups is 4. The van der Waals surface area contributed by atoms with E-state index in [0.717, 1.165) is 17.5 Å². The molecule has 9 nitrogen and oxygen atoms in total. The molecule has 1 heterocycles. The van der Waals surface area contributed by atoms with Crippen LogP contribution in [0.1, 0.15) is 51.2 Å². The Bertz CT molecular complexity index is 1170. The fourth-order valence-electron chi connectivity index (χ4n) is 4.82. The minimum Gasteiger partial charge on any atom is -0.445 e. The van der Waals surface area contributed by atoms with Crippen LogP contribution in [0.5, 0.6) is 0 Å². The van der Waals surface area contributed by atoms with Crippen molar-refractivity contribution < 1.29 is 23.9 Å². The minimum absolute atomic E-state index is 0.00959. The summed E-state index contributed by atoms with van der Waals surface area (Å²) in [4.78, 5) is 51.8. The molecule has 41 heavy (non-hydrogen) atoms. The SMILES string of the molecule is C/C=C/[C@H](C[C@@H]1CCNC1=O)NC(=O)[C@H](Cc1ccccc1)NC(=O)[C@H](CC(C)C)NC(=O)OCc1ccccc1. The molecule has 3 rings (SSSR count). The highest BCUT2D eigenvalue weighted by Gasteiger charge is 2.31. The maximum absolute atomic E-state index is 13.6. The van der Waals surface area contributed by atoms with Gasteiger partial charge in [-0.2, -0.15) is 0 Å². The summed E-state index contributed by atoms with van der Waals surface area (Å²) in [6.45, 7) is 6.46. The van der Waals surface area contributed by atoms with Gasteiger partial charge < -0.3 is 26.0 Å². The Morgan fingerprint density at radius 3 is 2.15 bits per heavy atom. The van der Waals surface area contributed by atoms with Crippen molar-refractivity contribution in [2.75, 3.05) is 6.54 Å². The van der Waals surface area contributed by atoms with Crippen molar-refractivity contribution in [3.05, 3.63) is 83.9 Å². The topological polar surface area (TPSA) is 126 Å². The van der Waals surface area contributed by atoms with Crippen molar-refractivity contribution in [3.63, 3.8) is 0 Å². The second-order valence-corrected chi connectivity index (χ2v) is 10.8. The molecule has 1 aliphatic rings. The first kappa shape index (κ1) is 31.4. The van der Waals surface area contributed by atoms with Crippen LogP contribution >= 0.6 is 0 Å². The first-order chi connectivity index (χ1) is 19.7. The third kappa shape index (κ3) is 10.7. The summed E-state index contributed by atoms with van der Waals surface area (Å²) >= 11 is 0. The second-order valence-electron chi connectivity index (χ2n) is 10.8. The summed E-state index contributed by atoms with van der Waals surface area (Å²) in [6.07, 6.45) is 4.81. The lowest BCUT2D eigenvalue weighted by atomic mass is 9.97. The molecule has 0 bridgehead atoms. The van der Waals surface area contributed by atoms with Crippen molar-refractivity contribution in [1.82, 2.24) is 21.3 Å². The van der Waals surface area contributed by atoms with Crippen LogP contribution in [0.3, 0.4) is 0 Å². The molecule has 0 aromatic heterocycles. The van der Waals surface area contributed by atoms with Crippen LogP contribution in [-0.4, -0.2) is 48.5 Å². The van der Waals surface area contributed by atoms with E-state index in [1.165, 1.54) is 0 Å². The Labute approximate surface area is 242 Å². The highest BCUT2D eigenvalue weighted by Crippen LogP contribution is 2.17. The van der Waals surface area contributed by atoms with Crippen molar-refractivity contribution in [2.24, 2.45) is 11.8 Å². The predicted octanol–water partition coefficient (Wildman–Crippen LogP) is 3.64. The molecule has 1 aliphatic heterocycles. The number of nitrogens with one attached hydrogen (secondary N) is 4. The van der Waals surface area contributed by atoms with Gasteiger partial charge in [0.15, 0.2) is 0 Å². The van der Waals surface area contributed by atoms with E-state index in [-0.39, 0.29) is 42.7 Å². The van der Waals surface area contributed by atoms with Crippen LogP contribution in [-0.2, 0) is 32.1 Å². The smallest absolute Gasteiger partial charge is 0.408 e. The first-order valence-corrected chi connectivity index (χ1v) is 14.3. The molecule has 2 aromatic carbocycles. The van der Waals surface area contributed by atoms with Crippen molar-refractivity contribution in [1.29, 1.82) is 0 Å². The molecule has 1 saturated heterocycles. The molecule has 0 spiro atoms. The Kier molecular flexibility index (Phi) is 12.4. The summed E-state index contributed by atoms with van der Waals surface area (Å²) in [5.74, 6) is -0.925. The number of carbonyl (C=O) groups excluding carboxylic acids is 4. The molecular weight excluding hydrogens is 520 g/mol. The molecular formula is C32H42N4O5. The van der Waals surface area contributed by atoms with Gasteiger partial charge in [0.2, 0.25) is 17.7 Å². The minimum atomic E-state index is -0.896. The van der Waals surface area contributed by atoms with Gasteiger partial charge in [0.1, 0.15) is 18.7 Å². The Balaban J connectivity index is 1.71. The molecule has 4 amide bonds. The van der Waals surface area contributed by atoms with Gasteiger partial charge in [-0.25, -0.2) is 4.79 Å². The fraction of sp³-hybridized carbons (Fsp3) is 0.438. The van der Waals surface area contributed by atoms with Crippen LogP contribution in [0.2, 0.25) is 0 Å². The molecule has 0 unspecified atom stereocenters. The van der Waals surface area contributed by atoms with E-state index in [1.54, 1.807) is 0 Å². The first-order valence-electron chi connectivity index (χ1n) is 14.3. The van der Waals surface area contributed by atoms with Gasteiger partial charge in [0.25, 0.3) is 0 Å². The average Bonchev–Trinajstić information content (AvgIpc) is 3.36. The van der Waals surface area contributed by atoms with E-state index in [0.29, 0.717) is 19.4 Å². The molecule has 4 N–H and O–H groups in total. The zero-order chi connectivity index (χ0) is 29.6. The monoisotopic (exact) mass is 562 g/mol. The lowest BCUT2D eigenvalue weighted by Crippen LogP contribution is -2.56. The molecule has 0 radical (unpaired) electrons. The van der Waals surface area contributed by atoms with E-state index in [4.69, 9.17) is 4.74 Å². The number of hydrogen-bond donors (Lipinski definition) is 4. The molecule has 4 atom stereocenters. The van der Waals surface area contributed by atoms with E-state index in [1.807, 2.05) is 93.6 Å². The van der Waals surface area contributed by atoms with Gasteiger partial charge in [-0.3, -0.25) is 14.4 Å². The fourth-order valence-corrected chi connectivity index (χ4v) is 4.82. The van der Waals surface area contributed by atoms with Crippen LogP contribution < -0.4 is 21.3 Å². The largest absolute Gasteiger partial charge is 0.445 e. The summed E-state index contributed by atoms with van der Waals surface area (Å²) in [5.41, 5.74) is 1.71. The van der Waals surface area contributed by atoms with Crippen LogP contribution in [0.4, 0.5) is 4.79 Å². The summed E-state index contributed by atoms with van der Waals surface area (Å²) < 4.78 is 5.34. The normalized spacial score (nSPS) is 17.0.